The molecule has 0 N–H and O–H groups in total. The summed E-state index contributed by atoms with van der Waals surface area (Å²) in [5.74, 6) is -0.536. The fourth-order valence-electron chi connectivity index (χ4n) is 3.24. The van der Waals surface area contributed by atoms with Crippen molar-refractivity contribution in [3.63, 3.8) is 0 Å². The van der Waals surface area contributed by atoms with Gasteiger partial charge in [-0.3, -0.25) is 9.78 Å². The summed E-state index contributed by atoms with van der Waals surface area (Å²) in [5, 5.41) is 0. The van der Waals surface area contributed by atoms with Crippen LogP contribution in [0.15, 0.2) is 40.8 Å². The number of esters is 2. The maximum Gasteiger partial charge on any atom is 0.340 e. The first-order valence-electron chi connectivity index (χ1n) is 8.74. The van der Waals surface area contributed by atoms with Gasteiger partial charge in [0.2, 0.25) is 0 Å². The number of benzene rings is 1. The molecule has 7 nitrogen and oxygen atoms in total. The summed E-state index contributed by atoms with van der Waals surface area (Å²) in [4.78, 5) is 40.3. The van der Waals surface area contributed by atoms with Crippen LogP contribution in [0.5, 0.6) is 0 Å². The van der Waals surface area contributed by atoms with Crippen molar-refractivity contribution in [3.05, 3.63) is 64.7 Å². The minimum absolute atomic E-state index is 0.184. The number of nitrogens with zero attached hydrogens (tertiary/aromatic N) is 1. The van der Waals surface area contributed by atoms with Crippen LogP contribution >= 0.6 is 0 Å². The monoisotopic (exact) mass is 393 g/mol. The molecule has 0 aliphatic rings. The molecule has 0 atom stereocenters. The summed E-state index contributed by atoms with van der Waals surface area (Å²) < 4.78 is 15.4. The number of hydrogen-bond acceptors (Lipinski definition) is 7. The molecule has 0 amide bonds. The second-order valence-corrected chi connectivity index (χ2v) is 6.29. The summed E-state index contributed by atoms with van der Waals surface area (Å²) in [7, 11) is 2.53. The molecule has 3 rings (SSSR count). The Kier molecular flexibility index (Phi) is 5.59. The van der Waals surface area contributed by atoms with Gasteiger partial charge in [0.05, 0.1) is 36.7 Å². The minimum atomic E-state index is -0.609. The molecule has 0 radical (unpaired) electrons. The molecule has 0 bridgehead atoms. The fourth-order valence-corrected chi connectivity index (χ4v) is 3.24. The minimum Gasteiger partial charge on any atom is -0.465 e. The second kappa shape index (κ2) is 8.10. The highest BCUT2D eigenvalue weighted by Crippen LogP contribution is 2.35. The number of pyridine rings is 1. The molecule has 0 unspecified atom stereocenters. The number of aldehydes is 1. The predicted octanol–water partition coefficient (Wildman–Crippen LogP) is 4.01. The van der Waals surface area contributed by atoms with Crippen LogP contribution in [0.4, 0.5) is 0 Å². The third-order valence-corrected chi connectivity index (χ3v) is 4.52. The van der Waals surface area contributed by atoms with Crippen molar-refractivity contribution in [1.29, 1.82) is 0 Å². The number of carbonyl (C=O) groups is 3. The van der Waals surface area contributed by atoms with Gasteiger partial charge in [-0.1, -0.05) is 18.2 Å². The lowest BCUT2D eigenvalue weighted by Crippen LogP contribution is -2.16. The predicted molar refractivity (Wildman–Crippen MR) is 105 cm³/mol. The van der Waals surface area contributed by atoms with Gasteiger partial charge in [0.15, 0.2) is 12.0 Å². The molecule has 0 fully saturated rings. The summed E-state index contributed by atoms with van der Waals surface area (Å²) in [6, 6.07) is 10.3. The van der Waals surface area contributed by atoms with E-state index in [1.165, 1.54) is 14.2 Å². The quantitative estimate of drug-likeness (QED) is 0.477. The number of aromatic nitrogens is 1. The van der Waals surface area contributed by atoms with Gasteiger partial charge in [-0.05, 0) is 37.6 Å². The van der Waals surface area contributed by atoms with E-state index in [1.807, 2.05) is 0 Å². The van der Waals surface area contributed by atoms with E-state index in [1.54, 1.807) is 50.2 Å². The van der Waals surface area contributed by atoms with Crippen molar-refractivity contribution in [2.24, 2.45) is 0 Å². The highest BCUT2D eigenvalue weighted by molar-refractivity contribution is 6.07. The maximum atomic E-state index is 12.5. The van der Waals surface area contributed by atoms with E-state index in [4.69, 9.17) is 13.9 Å². The summed E-state index contributed by atoms with van der Waals surface area (Å²) >= 11 is 0. The van der Waals surface area contributed by atoms with Gasteiger partial charge in [0.1, 0.15) is 5.76 Å². The smallest absolute Gasteiger partial charge is 0.340 e. The van der Waals surface area contributed by atoms with Crippen LogP contribution in [0.2, 0.25) is 0 Å². The molecule has 0 aliphatic carbocycles. The molecular weight excluding hydrogens is 374 g/mol. The Morgan fingerprint density at radius 1 is 0.931 bits per heavy atom. The lowest BCUT2D eigenvalue weighted by Gasteiger charge is -2.17. The van der Waals surface area contributed by atoms with E-state index in [2.05, 4.69) is 4.98 Å². The number of ether oxygens (including phenoxy) is 2. The topological polar surface area (TPSA) is 95.7 Å². The van der Waals surface area contributed by atoms with Crippen molar-refractivity contribution >= 4 is 18.2 Å². The third kappa shape index (κ3) is 3.67. The van der Waals surface area contributed by atoms with Crippen molar-refractivity contribution in [3.8, 4) is 22.5 Å². The van der Waals surface area contributed by atoms with E-state index in [0.717, 1.165) is 0 Å². The van der Waals surface area contributed by atoms with Gasteiger partial charge < -0.3 is 13.9 Å². The summed E-state index contributed by atoms with van der Waals surface area (Å²) in [6.45, 7) is 3.35. The van der Waals surface area contributed by atoms with Crippen LogP contribution in [-0.2, 0) is 9.47 Å². The normalized spacial score (nSPS) is 10.5. The number of aryl methyl sites for hydroxylation is 2. The molecule has 7 heteroatoms. The number of furan rings is 1. The molecule has 0 saturated heterocycles. The molecule has 0 spiro atoms. The van der Waals surface area contributed by atoms with Crippen LogP contribution in [0.1, 0.15) is 42.7 Å². The molecule has 1 aromatic carbocycles. The zero-order valence-corrected chi connectivity index (χ0v) is 16.4. The van der Waals surface area contributed by atoms with Crippen LogP contribution in [0, 0.1) is 13.8 Å². The fraction of sp³-hybridized carbons (Fsp3) is 0.182. The number of carbonyl (C=O) groups excluding carboxylic acids is 3. The third-order valence-electron chi connectivity index (χ3n) is 4.52. The average Bonchev–Trinajstić information content (AvgIpc) is 3.21. The molecule has 148 valence electrons. The van der Waals surface area contributed by atoms with E-state index >= 15 is 0 Å². The Bertz CT molecular complexity index is 1070. The molecule has 29 heavy (non-hydrogen) atoms. The van der Waals surface area contributed by atoms with Crippen molar-refractivity contribution in [2.45, 2.75) is 13.8 Å². The Balaban J connectivity index is 2.31. The van der Waals surface area contributed by atoms with Crippen molar-refractivity contribution in [1.82, 2.24) is 4.98 Å². The van der Waals surface area contributed by atoms with Crippen LogP contribution in [0.3, 0.4) is 0 Å². The lowest BCUT2D eigenvalue weighted by atomic mass is 9.91. The Morgan fingerprint density at radius 3 is 2.03 bits per heavy atom. The van der Waals surface area contributed by atoms with Crippen molar-refractivity contribution < 1.29 is 28.3 Å². The number of hydrogen-bond donors (Lipinski definition) is 0. The van der Waals surface area contributed by atoms with E-state index in [0.29, 0.717) is 40.1 Å². The van der Waals surface area contributed by atoms with E-state index in [9.17, 15) is 14.4 Å². The Morgan fingerprint density at radius 2 is 1.52 bits per heavy atom. The molecule has 2 aromatic heterocycles. The van der Waals surface area contributed by atoms with Gasteiger partial charge in [-0.25, -0.2) is 9.59 Å². The molecule has 3 aromatic rings. The van der Waals surface area contributed by atoms with E-state index < -0.39 is 11.9 Å². The van der Waals surface area contributed by atoms with Crippen LogP contribution < -0.4 is 0 Å². The number of methoxy groups -OCH3 is 2. The summed E-state index contributed by atoms with van der Waals surface area (Å²) in [5.41, 5.74) is 2.87. The van der Waals surface area contributed by atoms with Gasteiger partial charge in [-0.15, -0.1) is 0 Å². The maximum absolute atomic E-state index is 12.5. The van der Waals surface area contributed by atoms with Gasteiger partial charge in [0, 0.05) is 11.1 Å². The highest BCUT2D eigenvalue weighted by Gasteiger charge is 2.27. The van der Waals surface area contributed by atoms with Crippen LogP contribution in [0.25, 0.3) is 22.5 Å². The standard InChI is InChI=1S/C22H19NO6/c1-12-18(21(25)27-3)20(19(13(2)23-12)22(26)28-4)15-7-5-6-14(10-15)17-9-8-16(11-24)29-17/h5-11H,1-4H3. The van der Waals surface area contributed by atoms with Crippen LogP contribution in [-0.4, -0.2) is 37.4 Å². The largest absolute Gasteiger partial charge is 0.465 e. The lowest BCUT2D eigenvalue weighted by molar-refractivity contribution is 0.0598. The van der Waals surface area contributed by atoms with Gasteiger partial charge in [-0.2, -0.15) is 0 Å². The Hall–Kier alpha value is -3.74. The average molecular weight is 393 g/mol. The first-order chi connectivity index (χ1) is 13.9. The molecule has 0 saturated carbocycles. The SMILES string of the molecule is COC(=O)c1c(C)nc(C)c(C(=O)OC)c1-c1cccc(-c2ccc(C=O)o2)c1. The van der Waals surface area contributed by atoms with Gasteiger partial charge >= 0.3 is 11.9 Å². The first kappa shape index (κ1) is 20.0. The van der Waals surface area contributed by atoms with E-state index in [-0.39, 0.29) is 16.9 Å². The second-order valence-electron chi connectivity index (χ2n) is 6.29. The zero-order valence-electron chi connectivity index (χ0n) is 16.4. The molecular formula is C22H19NO6. The highest BCUT2D eigenvalue weighted by atomic mass is 16.5. The molecule has 0 aliphatic heterocycles. The molecule has 2 heterocycles. The zero-order chi connectivity index (χ0) is 21.1. The van der Waals surface area contributed by atoms with Gasteiger partial charge in [0.25, 0.3) is 0 Å². The van der Waals surface area contributed by atoms with Crippen molar-refractivity contribution in [2.75, 3.05) is 14.2 Å². The number of rotatable bonds is 5. The first-order valence-corrected chi connectivity index (χ1v) is 8.74. The Labute approximate surface area is 167 Å². The summed E-state index contributed by atoms with van der Waals surface area (Å²) in [6.07, 6.45) is 0.619.